The van der Waals surface area contributed by atoms with Crippen molar-refractivity contribution in [3.8, 4) is 16.9 Å². The quantitative estimate of drug-likeness (QED) is 0.690. The van der Waals surface area contributed by atoms with Crippen LogP contribution in [-0.4, -0.2) is 33.6 Å². The normalized spacial score (nSPS) is 12.8. The maximum atomic E-state index is 11.5. The van der Waals surface area contributed by atoms with Crippen LogP contribution in [0.4, 0.5) is 0 Å². The van der Waals surface area contributed by atoms with Gasteiger partial charge in [0.25, 0.3) is 0 Å². The van der Waals surface area contributed by atoms with Gasteiger partial charge in [-0.05, 0) is 37.1 Å². The van der Waals surface area contributed by atoms with E-state index in [1.54, 1.807) is 14.0 Å². The lowest BCUT2D eigenvalue weighted by Crippen LogP contribution is -2.22. The number of benzene rings is 2. The second kappa shape index (κ2) is 9.02. The molecule has 0 aliphatic carbocycles. The summed E-state index contributed by atoms with van der Waals surface area (Å²) in [5, 5.41) is 3.39. The van der Waals surface area contributed by atoms with Crippen LogP contribution in [-0.2, 0) is 9.84 Å². The van der Waals surface area contributed by atoms with E-state index >= 15 is 0 Å². The smallest absolute Gasteiger partial charge is 0.150 e. The van der Waals surface area contributed by atoms with Crippen LogP contribution in [0.15, 0.2) is 48.5 Å². The van der Waals surface area contributed by atoms with Gasteiger partial charge in [0.1, 0.15) is 15.6 Å². The van der Waals surface area contributed by atoms with Crippen LogP contribution in [0.2, 0.25) is 0 Å². The zero-order valence-electron chi connectivity index (χ0n) is 15.2. The highest BCUT2D eigenvalue weighted by Crippen LogP contribution is 2.30. The molecule has 0 saturated carbocycles. The monoisotopic (exact) mass is 361 g/mol. The molecule has 0 spiro atoms. The molecule has 0 amide bonds. The molecule has 0 aliphatic rings. The van der Waals surface area contributed by atoms with Crippen LogP contribution in [0.25, 0.3) is 11.1 Å². The molecule has 4 nitrogen and oxygen atoms in total. The third-order valence-electron chi connectivity index (χ3n) is 4.35. The first-order valence-corrected chi connectivity index (χ1v) is 10.5. The van der Waals surface area contributed by atoms with Gasteiger partial charge in [0.2, 0.25) is 0 Å². The SMILES string of the molecule is CCS(=O)(=O)CCCNC(C)c1ccc(-c2ccccc2OC)cc1. The van der Waals surface area contributed by atoms with E-state index in [9.17, 15) is 8.42 Å². The van der Waals surface area contributed by atoms with Crippen molar-refractivity contribution in [1.29, 1.82) is 0 Å². The summed E-state index contributed by atoms with van der Waals surface area (Å²) < 4.78 is 28.4. The van der Waals surface area contributed by atoms with Crippen LogP contribution in [0.3, 0.4) is 0 Å². The standard InChI is InChI=1S/C20H27NO3S/c1-4-25(22,23)15-7-14-21-16(2)17-10-12-18(13-11-17)19-8-5-6-9-20(19)24-3/h5-6,8-13,16,21H,4,7,14-15H2,1-3H3. The summed E-state index contributed by atoms with van der Waals surface area (Å²) in [6.45, 7) is 4.47. The van der Waals surface area contributed by atoms with Gasteiger partial charge in [0.15, 0.2) is 0 Å². The fraction of sp³-hybridized carbons (Fsp3) is 0.400. The minimum absolute atomic E-state index is 0.177. The van der Waals surface area contributed by atoms with Crippen molar-refractivity contribution in [2.75, 3.05) is 25.2 Å². The van der Waals surface area contributed by atoms with Crippen molar-refractivity contribution < 1.29 is 13.2 Å². The molecule has 0 aromatic heterocycles. The van der Waals surface area contributed by atoms with E-state index < -0.39 is 9.84 Å². The number of methoxy groups -OCH3 is 1. The Hall–Kier alpha value is -1.85. The molecular formula is C20H27NO3S. The summed E-state index contributed by atoms with van der Waals surface area (Å²) in [5.74, 6) is 1.32. The number of nitrogens with one attached hydrogen (secondary N) is 1. The average Bonchev–Trinajstić information content (AvgIpc) is 2.65. The molecule has 1 unspecified atom stereocenters. The molecule has 2 aromatic rings. The zero-order valence-corrected chi connectivity index (χ0v) is 16.0. The molecule has 25 heavy (non-hydrogen) atoms. The number of hydrogen-bond acceptors (Lipinski definition) is 4. The van der Waals surface area contributed by atoms with E-state index in [1.165, 1.54) is 5.56 Å². The van der Waals surface area contributed by atoms with E-state index in [4.69, 9.17) is 4.74 Å². The highest BCUT2D eigenvalue weighted by atomic mass is 32.2. The summed E-state index contributed by atoms with van der Waals surface area (Å²) in [5.41, 5.74) is 3.36. The molecule has 0 saturated heterocycles. The highest BCUT2D eigenvalue weighted by molar-refractivity contribution is 7.91. The van der Waals surface area contributed by atoms with Crippen LogP contribution in [0.1, 0.15) is 31.9 Å². The summed E-state index contributed by atoms with van der Waals surface area (Å²) in [6.07, 6.45) is 0.639. The first-order chi connectivity index (χ1) is 12.0. The number of hydrogen-bond donors (Lipinski definition) is 1. The second-order valence-electron chi connectivity index (χ2n) is 6.09. The number of rotatable bonds is 9. The fourth-order valence-corrected chi connectivity index (χ4v) is 3.58. The van der Waals surface area contributed by atoms with Gasteiger partial charge in [-0.2, -0.15) is 0 Å². The van der Waals surface area contributed by atoms with E-state index in [-0.39, 0.29) is 17.5 Å². The first kappa shape index (κ1) is 19.5. The van der Waals surface area contributed by atoms with Crippen molar-refractivity contribution in [2.45, 2.75) is 26.3 Å². The van der Waals surface area contributed by atoms with Gasteiger partial charge < -0.3 is 10.1 Å². The number of ether oxygens (including phenoxy) is 1. The van der Waals surface area contributed by atoms with Crippen LogP contribution in [0, 0.1) is 0 Å². The molecule has 0 heterocycles. The van der Waals surface area contributed by atoms with Gasteiger partial charge >= 0.3 is 0 Å². The van der Waals surface area contributed by atoms with E-state index in [2.05, 4.69) is 36.5 Å². The van der Waals surface area contributed by atoms with Gasteiger partial charge in [0, 0.05) is 17.4 Å². The van der Waals surface area contributed by atoms with Crippen molar-refractivity contribution in [1.82, 2.24) is 5.32 Å². The van der Waals surface area contributed by atoms with Gasteiger partial charge in [-0.1, -0.05) is 49.4 Å². The molecule has 0 fully saturated rings. The van der Waals surface area contributed by atoms with Crippen molar-refractivity contribution >= 4 is 9.84 Å². The lowest BCUT2D eigenvalue weighted by Gasteiger charge is -2.15. The molecule has 0 bridgehead atoms. The molecule has 0 radical (unpaired) electrons. The van der Waals surface area contributed by atoms with Gasteiger partial charge in [-0.3, -0.25) is 0 Å². The Kier molecular flexibility index (Phi) is 7.02. The summed E-state index contributed by atoms with van der Waals surface area (Å²) in [7, 11) is -1.20. The zero-order chi connectivity index (χ0) is 18.3. The predicted octanol–water partition coefficient (Wildman–Crippen LogP) is 3.84. The maximum absolute atomic E-state index is 11.5. The minimum atomic E-state index is -2.88. The van der Waals surface area contributed by atoms with Crippen molar-refractivity contribution in [2.24, 2.45) is 0 Å². The average molecular weight is 362 g/mol. The van der Waals surface area contributed by atoms with Crippen molar-refractivity contribution in [3.63, 3.8) is 0 Å². The molecule has 2 rings (SSSR count). The molecular weight excluding hydrogens is 334 g/mol. The summed E-state index contributed by atoms with van der Waals surface area (Å²) >= 11 is 0. The lowest BCUT2D eigenvalue weighted by atomic mass is 10.0. The molecule has 1 N–H and O–H groups in total. The van der Waals surface area contributed by atoms with Gasteiger partial charge in [-0.25, -0.2) is 8.42 Å². The Bertz CT molecular complexity index is 770. The Morgan fingerprint density at radius 3 is 2.40 bits per heavy atom. The van der Waals surface area contributed by atoms with E-state index in [1.807, 2.05) is 24.3 Å². The Balaban J connectivity index is 1.95. The lowest BCUT2D eigenvalue weighted by molar-refractivity contribution is 0.416. The Morgan fingerprint density at radius 2 is 1.76 bits per heavy atom. The van der Waals surface area contributed by atoms with Crippen LogP contribution < -0.4 is 10.1 Å². The van der Waals surface area contributed by atoms with Gasteiger partial charge in [0.05, 0.1) is 12.9 Å². The van der Waals surface area contributed by atoms with Crippen LogP contribution >= 0.6 is 0 Å². The van der Waals surface area contributed by atoms with E-state index in [0.29, 0.717) is 13.0 Å². The second-order valence-corrected chi connectivity index (χ2v) is 8.56. The van der Waals surface area contributed by atoms with Crippen LogP contribution in [0.5, 0.6) is 5.75 Å². The van der Waals surface area contributed by atoms with Crippen molar-refractivity contribution in [3.05, 3.63) is 54.1 Å². The Morgan fingerprint density at radius 1 is 1.08 bits per heavy atom. The topological polar surface area (TPSA) is 55.4 Å². The molecule has 2 aromatic carbocycles. The molecule has 0 aliphatic heterocycles. The summed E-state index contributed by atoms with van der Waals surface area (Å²) in [6, 6.07) is 16.5. The first-order valence-electron chi connectivity index (χ1n) is 8.64. The molecule has 136 valence electrons. The van der Waals surface area contributed by atoms with E-state index in [0.717, 1.165) is 16.9 Å². The maximum Gasteiger partial charge on any atom is 0.150 e. The predicted molar refractivity (Wildman–Crippen MR) is 104 cm³/mol. The Labute approximate surface area is 151 Å². The van der Waals surface area contributed by atoms with Gasteiger partial charge in [-0.15, -0.1) is 0 Å². The number of sulfone groups is 1. The molecule has 1 atom stereocenters. The minimum Gasteiger partial charge on any atom is -0.496 e. The fourth-order valence-electron chi connectivity index (χ4n) is 2.71. The molecule has 5 heteroatoms. The highest BCUT2D eigenvalue weighted by Gasteiger charge is 2.09. The number of para-hydroxylation sites is 1. The third kappa shape index (κ3) is 5.58. The third-order valence-corrected chi connectivity index (χ3v) is 6.14. The summed E-state index contributed by atoms with van der Waals surface area (Å²) in [4.78, 5) is 0. The largest absolute Gasteiger partial charge is 0.496 e.